The van der Waals surface area contributed by atoms with Gasteiger partial charge < -0.3 is 5.73 Å². The van der Waals surface area contributed by atoms with E-state index in [1.165, 1.54) is 16.0 Å². The van der Waals surface area contributed by atoms with Crippen molar-refractivity contribution >= 4 is 28.6 Å². The Kier molecular flexibility index (Phi) is 2.48. The molecule has 0 aliphatic carbocycles. The monoisotopic (exact) mass is 223 g/mol. The van der Waals surface area contributed by atoms with Gasteiger partial charge in [0.25, 0.3) is 0 Å². The van der Waals surface area contributed by atoms with E-state index >= 15 is 0 Å². The topological polar surface area (TPSA) is 26.0 Å². The molecular weight excluding hydrogens is 214 g/mol. The number of rotatable bonds is 1. The first-order chi connectivity index (χ1) is 6.66. The van der Waals surface area contributed by atoms with E-state index in [1.807, 2.05) is 30.3 Å². The standard InChI is InChI=1S/C11H10ClNS/c1-7-2-3-8(13)6-9(7)10-4-5-11(12)14-10/h2-6H,13H2,1H3. The van der Waals surface area contributed by atoms with Gasteiger partial charge in [0, 0.05) is 10.6 Å². The molecule has 1 heterocycles. The molecular formula is C11H10ClNS. The summed E-state index contributed by atoms with van der Waals surface area (Å²) in [6.07, 6.45) is 0. The van der Waals surface area contributed by atoms with Crippen LogP contribution in [0.15, 0.2) is 30.3 Å². The predicted molar refractivity (Wildman–Crippen MR) is 63.9 cm³/mol. The summed E-state index contributed by atoms with van der Waals surface area (Å²) in [6, 6.07) is 9.85. The SMILES string of the molecule is Cc1ccc(N)cc1-c1ccc(Cl)s1. The molecule has 0 spiro atoms. The molecule has 0 bridgehead atoms. The summed E-state index contributed by atoms with van der Waals surface area (Å²) < 4.78 is 0.807. The second kappa shape index (κ2) is 3.64. The maximum atomic E-state index is 5.89. The van der Waals surface area contributed by atoms with Crippen molar-refractivity contribution in [2.75, 3.05) is 5.73 Å². The minimum atomic E-state index is 0.787. The fourth-order valence-electron chi connectivity index (χ4n) is 1.36. The van der Waals surface area contributed by atoms with Crippen LogP contribution in [0.4, 0.5) is 5.69 Å². The highest BCUT2D eigenvalue weighted by atomic mass is 35.5. The lowest BCUT2D eigenvalue weighted by Crippen LogP contribution is -1.86. The molecule has 2 aromatic rings. The van der Waals surface area contributed by atoms with Gasteiger partial charge in [-0.3, -0.25) is 0 Å². The smallest absolute Gasteiger partial charge is 0.0934 e. The minimum absolute atomic E-state index is 0.787. The molecule has 0 saturated carbocycles. The number of halogens is 1. The summed E-state index contributed by atoms with van der Waals surface area (Å²) in [6.45, 7) is 2.07. The van der Waals surface area contributed by atoms with E-state index in [9.17, 15) is 0 Å². The predicted octanol–water partition coefficient (Wildman–Crippen LogP) is 3.96. The Balaban J connectivity index is 2.55. The number of aryl methyl sites for hydroxylation is 1. The first-order valence-electron chi connectivity index (χ1n) is 4.28. The molecule has 0 atom stereocenters. The normalized spacial score (nSPS) is 10.4. The van der Waals surface area contributed by atoms with Crippen LogP contribution in [0.3, 0.4) is 0 Å². The number of nitrogen functional groups attached to an aromatic ring is 1. The Bertz CT molecular complexity index is 462. The zero-order chi connectivity index (χ0) is 10.1. The van der Waals surface area contributed by atoms with E-state index in [0.717, 1.165) is 10.0 Å². The number of nitrogens with two attached hydrogens (primary N) is 1. The van der Waals surface area contributed by atoms with Crippen LogP contribution < -0.4 is 5.73 Å². The van der Waals surface area contributed by atoms with E-state index in [4.69, 9.17) is 17.3 Å². The Morgan fingerprint density at radius 3 is 2.64 bits per heavy atom. The fraction of sp³-hybridized carbons (Fsp3) is 0.0909. The Morgan fingerprint density at radius 2 is 2.00 bits per heavy atom. The van der Waals surface area contributed by atoms with Crippen LogP contribution in [0.2, 0.25) is 4.34 Å². The van der Waals surface area contributed by atoms with Gasteiger partial charge in [-0.1, -0.05) is 17.7 Å². The average Bonchev–Trinajstić information content (AvgIpc) is 2.56. The van der Waals surface area contributed by atoms with Gasteiger partial charge in [0.1, 0.15) is 0 Å². The van der Waals surface area contributed by atoms with E-state index in [0.29, 0.717) is 0 Å². The lowest BCUT2D eigenvalue weighted by molar-refractivity contribution is 1.48. The van der Waals surface area contributed by atoms with Gasteiger partial charge in [0.05, 0.1) is 4.34 Å². The van der Waals surface area contributed by atoms with Crippen LogP contribution in [0.5, 0.6) is 0 Å². The summed E-state index contributed by atoms with van der Waals surface area (Å²) in [5.41, 5.74) is 8.92. The molecule has 0 unspecified atom stereocenters. The third kappa shape index (κ3) is 1.76. The van der Waals surface area contributed by atoms with E-state index in [-0.39, 0.29) is 0 Å². The lowest BCUT2D eigenvalue weighted by atomic mass is 10.1. The average molecular weight is 224 g/mol. The summed E-state index contributed by atoms with van der Waals surface area (Å²) in [5, 5.41) is 0. The molecule has 1 aromatic heterocycles. The summed E-state index contributed by atoms with van der Waals surface area (Å²) in [7, 11) is 0. The van der Waals surface area contributed by atoms with Crippen molar-refractivity contribution in [1.29, 1.82) is 0 Å². The first kappa shape index (κ1) is 9.56. The van der Waals surface area contributed by atoms with Crippen molar-refractivity contribution in [3.8, 4) is 10.4 Å². The van der Waals surface area contributed by atoms with Crippen LogP contribution in [-0.2, 0) is 0 Å². The van der Waals surface area contributed by atoms with Gasteiger partial charge in [-0.05, 0) is 42.3 Å². The van der Waals surface area contributed by atoms with Crippen LogP contribution in [0, 0.1) is 6.92 Å². The van der Waals surface area contributed by atoms with Crippen molar-refractivity contribution in [1.82, 2.24) is 0 Å². The van der Waals surface area contributed by atoms with Crippen molar-refractivity contribution in [3.05, 3.63) is 40.2 Å². The molecule has 3 heteroatoms. The molecule has 0 aliphatic heterocycles. The molecule has 1 nitrogen and oxygen atoms in total. The molecule has 0 amide bonds. The number of anilines is 1. The van der Waals surface area contributed by atoms with Gasteiger partial charge in [-0.25, -0.2) is 0 Å². The van der Waals surface area contributed by atoms with Crippen molar-refractivity contribution < 1.29 is 0 Å². The zero-order valence-corrected chi connectivity index (χ0v) is 9.32. The fourth-order valence-corrected chi connectivity index (χ4v) is 2.49. The van der Waals surface area contributed by atoms with Gasteiger partial charge in [0.2, 0.25) is 0 Å². The number of hydrogen-bond donors (Lipinski definition) is 1. The molecule has 1 aromatic carbocycles. The van der Waals surface area contributed by atoms with Crippen molar-refractivity contribution in [3.63, 3.8) is 0 Å². The molecule has 2 rings (SSSR count). The Morgan fingerprint density at radius 1 is 1.21 bits per heavy atom. The highest BCUT2D eigenvalue weighted by molar-refractivity contribution is 7.19. The minimum Gasteiger partial charge on any atom is -0.399 e. The van der Waals surface area contributed by atoms with Gasteiger partial charge in [-0.2, -0.15) is 0 Å². The largest absolute Gasteiger partial charge is 0.399 e. The van der Waals surface area contributed by atoms with E-state index in [2.05, 4.69) is 6.92 Å². The maximum Gasteiger partial charge on any atom is 0.0934 e. The Hall–Kier alpha value is -0.990. The van der Waals surface area contributed by atoms with Crippen LogP contribution in [-0.4, -0.2) is 0 Å². The maximum absolute atomic E-state index is 5.89. The van der Waals surface area contributed by atoms with E-state index < -0.39 is 0 Å². The second-order valence-electron chi connectivity index (χ2n) is 3.18. The molecule has 2 N–H and O–H groups in total. The third-order valence-electron chi connectivity index (χ3n) is 2.10. The second-order valence-corrected chi connectivity index (χ2v) is 4.89. The molecule has 0 saturated heterocycles. The molecule has 0 aliphatic rings. The molecule has 0 radical (unpaired) electrons. The van der Waals surface area contributed by atoms with Crippen LogP contribution in [0.1, 0.15) is 5.56 Å². The highest BCUT2D eigenvalue weighted by Crippen LogP contribution is 2.33. The highest BCUT2D eigenvalue weighted by Gasteiger charge is 2.04. The quantitative estimate of drug-likeness (QED) is 0.728. The Labute approximate surface area is 92.1 Å². The third-order valence-corrected chi connectivity index (χ3v) is 3.36. The van der Waals surface area contributed by atoms with E-state index in [1.54, 1.807) is 11.3 Å². The molecule has 72 valence electrons. The lowest BCUT2D eigenvalue weighted by Gasteiger charge is -2.03. The van der Waals surface area contributed by atoms with Crippen molar-refractivity contribution in [2.45, 2.75) is 6.92 Å². The van der Waals surface area contributed by atoms with Crippen molar-refractivity contribution in [2.24, 2.45) is 0 Å². The van der Waals surface area contributed by atoms with Gasteiger partial charge in [0.15, 0.2) is 0 Å². The van der Waals surface area contributed by atoms with Crippen LogP contribution >= 0.6 is 22.9 Å². The summed E-state index contributed by atoms with van der Waals surface area (Å²) in [5.74, 6) is 0. The number of hydrogen-bond acceptors (Lipinski definition) is 2. The van der Waals surface area contributed by atoms with Gasteiger partial charge >= 0.3 is 0 Å². The zero-order valence-electron chi connectivity index (χ0n) is 7.75. The molecule has 14 heavy (non-hydrogen) atoms. The number of thiophene rings is 1. The summed E-state index contributed by atoms with van der Waals surface area (Å²) in [4.78, 5) is 1.17. The van der Waals surface area contributed by atoms with Crippen LogP contribution in [0.25, 0.3) is 10.4 Å². The van der Waals surface area contributed by atoms with Gasteiger partial charge in [-0.15, -0.1) is 11.3 Å². The first-order valence-corrected chi connectivity index (χ1v) is 5.48. The number of benzene rings is 1. The summed E-state index contributed by atoms with van der Waals surface area (Å²) >= 11 is 7.46. The molecule has 0 fully saturated rings.